The first-order valence-electron chi connectivity index (χ1n) is 7.73. The fourth-order valence-electron chi connectivity index (χ4n) is 2.88. The predicted octanol–water partition coefficient (Wildman–Crippen LogP) is 3.57. The lowest BCUT2D eigenvalue weighted by atomic mass is 10.2. The fraction of sp³-hybridized carbons (Fsp3) is 0.353. The molecule has 1 saturated carbocycles. The second kappa shape index (κ2) is 5.16. The van der Waals surface area contributed by atoms with Crippen molar-refractivity contribution in [1.82, 2.24) is 15.1 Å². The molecule has 22 heavy (non-hydrogen) atoms. The molecule has 0 saturated heterocycles. The number of hydrogen-bond donors (Lipinski definition) is 1. The van der Waals surface area contributed by atoms with E-state index in [1.807, 2.05) is 12.1 Å². The Morgan fingerprint density at radius 2 is 2.00 bits per heavy atom. The van der Waals surface area contributed by atoms with E-state index in [2.05, 4.69) is 45.4 Å². The first-order chi connectivity index (χ1) is 10.7. The van der Waals surface area contributed by atoms with E-state index in [0.29, 0.717) is 5.92 Å². The summed E-state index contributed by atoms with van der Waals surface area (Å²) in [4.78, 5) is 4.38. The molecule has 1 fully saturated rings. The largest absolute Gasteiger partial charge is 0.352 e. The van der Waals surface area contributed by atoms with Gasteiger partial charge in [0.25, 0.3) is 0 Å². The summed E-state index contributed by atoms with van der Waals surface area (Å²) >= 11 is 0. The van der Waals surface area contributed by atoms with Gasteiger partial charge in [0.15, 0.2) is 5.82 Å². The maximum absolute atomic E-state index is 13.0. The van der Waals surface area contributed by atoms with Gasteiger partial charge in [-0.25, -0.2) is 4.39 Å². The Balaban J connectivity index is 1.46. The molecule has 0 spiro atoms. The van der Waals surface area contributed by atoms with Crippen LogP contribution in [-0.2, 0) is 6.54 Å². The van der Waals surface area contributed by atoms with E-state index in [1.54, 1.807) is 0 Å². The van der Waals surface area contributed by atoms with Crippen molar-refractivity contribution in [2.75, 3.05) is 4.90 Å². The van der Waals surface area contributed by atoms with Crippen LogP contribution < -0.4 is 4.90 Å². The molecule has 0 amide bonds. The zero-order valence-electron chi connectivity index (χ0n) is 12.5. The molecule has 4 rings (SSSR count). The van der Waals surface area contributed by atoms with Crippen molar-refractivity contribution in [2.45, 2.75) is 38.4 Å². The van der Waals surface area contributed by atoms with E-state index in [0.717, 1.165) is 17.9 Å². The molecular formula is C17H19FN4. The zero-order chi connectivity index (χ0) is 15.1. The first-order valence-corrected chi connectivity index (χ1v) is 7.73. The summed E-state index contributed by atoms with van der Waals surface area (Å²) in [5, 5.41) is 7.59. The van der Waals surface area contributed by atoms with Crippen LogP contribution in [0.25, 0.3) is 0 Å². The lowest BCUT2D eigenvalue weighted by Crippen LogP contribution is -2.35. The number of nitrogens with zero attached hydrogens (tertiary/aromatic N) is 3. The van der Waals surface area contributed by atoms with Gasteiger partial charge in [-0.1, -0.05) is 12.1 Å². The van der Waals surface area contributed by atoms with Crippen LogP contribution in [0.1, 0.15) is 36.9 Å². The summed E-state index contributed by atoms with van der Waals surface area (Å²) in [7, 11) is 0. The van der Waals surface area contributed by atoms with Crippen molar-refractivity contribution in [2.24, 2.45) is 0 Å². The van der Waals surface area contributed by atoms with Crippen molar-refractivity contribution >= 4 is 5.82 Å². The van der Waals surface area contributed by atoms with E-state index < -0.39 is 0 Å². The minimum absolute atomic E-state index is 0.195. The second-order valence-corrected chi connectivity index (χ2v) is 6.09. The molecule has 0 radical (unpaired) electrons. The van der Waals surface area contributed by atoms with Gasteiger partial charge in [-0.15, -0.1) is 0 Å². The normalized spacial score (nSPS) is 20.9. The summed E-state index contributed by atoms with van der Waals surface area (Å²) in [6.45, 7) is 2.91. The summed E-state index contributed by atoms with van der Waals surface area (Å²) in [5.74, 6) is 1.45. The van der Waals surface area contributed by atoms with Gasteiger partial charge >= 0.3 is 0 Å². The number of benzene rings is 1. The van der Waals surface area contributed by atoms with Gasteiger partial charge in [-0.3, -0.25) is 5.10 Å². The average Bonchev–Trinajstić information content (AvgIpc) is 3.15. The molecule has 1 aliphatic carbocycles. The van der Waals surface area contributed by atoms with E-state index in [4.69, 9.17) is 0 Å². The monoisotopic (exact) mass is 298 g/mol. The molecule has 1 N–H and O–H groups in total. The fourth-order valence-corrected chi connectivity index (χ4v) is 2.88. The van der Waals surface area contributed by atoms with Gasteiger partial charge in [-0.05, 0) is 37.5 Å². The summed E-state index contributed by atoms with van der Waals surface area (Å²) in [6.07, 6.45) is 6.86. The summed E-state index contributed by atoms with van der Waals surface area (Å²) < 4.78 is 13.0. The number of aromatic amines is 1. The maximum Gasteiger partial charge on any atom is 0.156 e. The maximum atomic E-state index is 13.0. The first kappa shape index (κ1) is 13.4. The van der Waals surface area contributed by atoms with Gasteiger partial charge in [0.05, 0.1) is 0 Å². The summed E-state index contributed by atoms with van der Waals surface area (Å²) in [5.41, 5.74) is 2.34. The molecule has 5 heteroatoms. The number of hydrogen-bond acceptors (Lipinski definition) is 3. The van der Waals surface area contributed by atoms with Crippen LogP contribution in [0.2, 0.25) is 0 Å². The minimum atomic E-state index is -0.195. The van der Waals surface area contributed by atoms with Crippen molar-refractivity contribution in [3.63, 3.8) is 0 Å². The SMILES string of the molecule is CC1N(Cc2ccc(F)cc2)C=CN1c1cc(C2CC2)[nH]n1. The minimum Gasteiger partial charge on any atom is -0.352 e. The standard InChI is InChI=1S/C17H19FN4/c1-12-21(11-13-2-6-15(18)7-3-13)8-9-22(12)17-10-16(19-20-17)14-4-5-14/h2-3,6-10,12,14H,4-5,11H2,1H3,(H,19,20). The predicted molar refractivity (Wildman–Crippen MR) is 83.6 cm³/mol. The van der Waals surface area contributed by atoms with Crippen LogP contribution >= 0.6 is 0 Å². The van der Waals surface area contributed by atoms with Gasteiger partial charge < -0.3 is 9.80 Å². The molecule has 2 aliphatic rings. The van der Waals surface area contributed by atoms with Crippen LogP contribution in [0.4, 0.5) is 10.2 Å². The Kier molecular flexibility index (Phi) is 3.13. The van der Waals surface area contributed by atoms with E-state index in [1.165, 1.54) is 30.7 Å². The van der Waals surface area contributed by atoms with Crippen LogP contribution in [0.5, 0.6) is 0 Å². The highest BCUT2D eigenvalue weighted by atomic mass is 19.1. The van der Waals surface area contributed by atoms with Crippen LogP contribution in [0, 0.1) is 5.82 Å². The van der Waals surface area contributed by atoms with E-state index in [-0.39, 0.29) is 12.0 Å². The Bertz CT molecular complexity index is 687. The van der Waals surface area contributed by atoms with Crippen molar-refractivity contribution in [3.05, 3.63) is 59.8 Å². The molecule has 2 heterocycles. The molecule has 0 bridgehead atoms. The Morgan fingerprint density at radius 1 is 1.23 bits per heavy atom. The Morgan fingerprint density at radius 3 is 2.73 bits per heavy atom. The Hall–Kier alpha value is -2.30. The van der Waals surface area contributed by atoms with Gasteiger partial charge in [0.2, 0.25) is 0 Å². The molecule has 1 aliphatic heterocycles. The molecule has 1 unspecified atom stereocenters. The highest BCUT2D eigenvalue weighted by molar-refractivity contribution is 5.46. The number of halogens is 1. The third-order valence-electron chi connectivity index (χ3n) is 4.45. The van der Waals surface area contributed by atoms with Crippen molar-refractivity contribution in [3.8, 4) is 0 Å². The molecule has 1 atom stereocenters. The number of H-pyrrole nitrogens is 1. The quantitative estimate of drug-likeness (QED) is 0.937. The zero-order valence-corrected chi connectivity index (χ0v) is 12.5. The van der Waals surface area contributed by atoms with E-state index >= 15 is 0 Å². The molecular weight excluding hydrogens is 279 g/mol. The second-order valence-electron chi connectivity index (χ2n) is 6.09. The summed E-state index contributed by atoms with van der Waals surface area (Å²) in [6, 6.07) is 8.83. The average molecular weight is 298 g/mol. The van der Waals surface area contributed by atoms with Gasteiger partial charge in [0.1, 0.15) is 12.0 Å². The van der Waals surface area contributed by atoms with Crippen LogP contribution in [0.15, 0.2) is 42.7 Å². The van der Waals surface area contributed by atoms with E-state index in [9.17, 15) is 4.39 Å². The lowest BCUT2D eigenvalue weighted by Gasteiger charge is -2.28. The number of rotatable bonds is 4. The highest BCUT2D eigenvalue weighted by Gasteiger charge is 2.29. The molecule has 2 aromatic rings. The third-order valence-corrected chi connectivity index (χ3v) is 4.45. The molecule has 1 aromatic carbocycles. The Labute approximate surface area is 129 Å². The topological polar surface area (TPSA) is 35.2 Å². The molecule has 114 valence electrons. The van der Waals surface area contributed by atoms with Crippen LogP contribution in [0.3, 0.4) is 0 Å². The van der Waals surface area contributed by atoms with Gasteiger partial charge in [0, 0.05) is 36.6 Å². The smallest absolute Gasteiger partial charge is 0.156 e. The number of nitrogens with one attached hydrogen (secondary N) is 1. The highest BCUT2D eigenvalue weighted by Crippen LogP contribution is 2.40. The number of anilines is 1. The van der Waals surface area contributed by atoms with Crippen molar-refractivity contribution in [1.29, 1.82) is 0 Å². The van der Waals surface area contributed by atoms with Crippen LogP contribution in [-0.4, -0.2) is 21.3 Å². The van der Waals surface area contributed by atoms with Gasteiger partial charge in [-0.2, -0.15) is 5.10 Å². The third kappa shape index (κ3) is 2.47. The van der Waals surface area contributed by atoms with Crippen molar-refractivity contribution < 1.29 is 4.39 Å². The molecule has 1 aromatic heterocycles. The lowest BCUT2D eigenvalue weighted by molar-refractivity contribution is 0.310. The number of aromatic nitrogens is 2. The molecule has 4 nitrogen and oxygen atoms in total.